The van der Waals surface area contributed by atoms with Crippen LogP contribution in [0.1, 0.15) is 19.4 Å². The van der Waals surface area contributed by atoms with Crippen LogP contribution in [-0.4, -0.2) is 11.5 Å². The molecule has 0 bridgehead atoms. The van der Waals surface area contributed by atoms with Gasteiger partial charge in [0.1, 0.15) is 0 Å². The van der Waals surface area contributed by atoms with Gasteiger partial charge in [-0.1, -0.05) is 32.0 Å². The summed E-state index contributed by atoms with van der Waals surface area (Å²) in [7, 11) is 0. The molecule has 1 aromatic carbocycles. The summed E-state index contributed by atoms with van der Waals surface area (Å²) < 4.78 is 0. The average molecular weight is 240 g/mol. The fraction of sp³-hybridized carbons (Fsp3) is 0.538. The van der Waals surface area contributed by atoms with Crippen LogP contribution in [0.2, 0.25) is 0 Å². The summed E-state index contributed by atoms with van der Waals surface area (Å²) in [5.74, 6) is 3.58. The molecule has 0 aliphatic carbocycles. The predicted octanol–water partition coefficient (Wildman–Crippen LogP) is 4.29. The van der Waals surface area contributed by atoms with Crippen molar-refractivity contribution in [1.29, 1.82) is 0 Å². The smallest absolute Gasteiger partial charge is 0.0101 e. The minimum Gasteiger partial charge on any atom is -0.179 e. The van der Waals surface area contributed by atoms with Gasteiger partial charge in [-0.25, -0.2) is 0 Å². The Kier molecular flexibility index (Phi) is 5.62. The van der Waals surface area contributed by atoms with E-state index >= 15 is 0 Å². The van der Waals surface area contributed by atoms with Crippen molar-refractivity contribution in [2.75, 3.05) is 11.5 Å². The van der Waals surface area contributed by atoms with Gasteiger partial charge in [-0.3, -0.25) is 0 Å². The molecule has 2 heteroatoms. The fourth-order valence-corrected chi connectivity index (χ4v) is 3.46. The maximum absolute atomic E-state index is 4.41. The molecule has 0 aliphatic heterocycles. The molecule has 1 aromatic rings. The highest BCUT2D eigenvalue weighted by Gasteiger charge is 2.12. The van der Waals surface area contributed by atoms with Crippen molar-refractivity contribution < 1.29 is 0 Å². The van der Waals surface area contributed by atoms with Gasteiger partial charge < -0.3 is 0 Å². The highest BCUT2D eigenvalue weighted by atomic mass is 32.2. The van der Waals surface area contributed by atoms with Crippen molar-refractivity contribution in [3.8, 4) is 0 Å². The normalized spacial score (nSPS) is 13.1. The predicted molar refractivity (Wildman–Crippen MR) is 74.1 cm³/mol. The van der Waals surface area contributed by atoms with E-state index in [0.717, 1.165) is 11.7 Å². The van der Waals surface area contributed by atoms with E-state index in [1.165, 1.54) is 16.2 Å². The molecule has 15 heavy (non-hydrogen) atoms. The van der Waals surface area contributed by atoms with Crippen LogP contribution in [0.25, 0.3) is 0 Å². The van der Waals surface area contributed by atoms with Crippen LogP contribution >= 0.6 is 24.4 Å². The second-order valence-corrected chi connectivity index (χ2v) is 5.69. The maximum atomic E-state index is 4.41. The molecule has 0 aromatic heterocycles. The number of aryl methyl sites for hydroxylation is 1. The van der Waals surface area contributed by atoms with Gasteiger partial charge in [-0.15, -0.1) is 11.8 Å². The zero-order valence-electron chi connectivity index (χ0n) is 9.73. The lowest BCUT2D eigenvalue weighted by atomic mass is 10.0. The Balaban J connectivity index is 2.53. The average Bonchev–Trinajstić information content (AvgIpc) is 2.21. The quantitative estimate of drug-likeness (QED) is 0.592. The molecule has 0 spiro atoms. The molecule has 84 valence electrons. The summed E-state index contributed by atoms with van der Waals surface area (Å²) in [5.41, 5.74) is 1.38. The first-order valence-electron chi connectivity index (χ1n) is 5.44. The first-order chi connectivity index (χ1) is 7.15. The Morgan fingerprint density at radius 3 is 2.47 bits per heavy atom. The van der Waals surface area contributed by atoms with Crippen LogP contribution in [-0.2, 0) is 0 Å². The highest BCUT2D eigenvalue weighted by Crippen LogP contribution is 2.27. The van der Waals surface area contributed by atoms with Crippen LogP contribution < -0.4 is 0 Å². The van der Waals surface area contributed by atoms with Gasteiger partial charge in [-0.05, 0) is 36.1 Å². The molecule has 0 aliphatic rings. The lowest BCUT2D eigenvalue weighted by Gasteiger charge is -2.18. The van der Waals surface area contributed by atoms with Gasteiger partial charge in [0, 0.05) is 10.6 Å². The molecule has 0 radical (unpaired) electrons. The van der Waals surface area contributed by atoms with Gasteiger partial charge in [0.25, 0.3) is 0 Å². The van der Waals surface area contributed by atoms with Crippen LogP contribution in [0, 0.1) is 18.8 Å². The molecule has 0 heterocycles. The van der Waals surface area contributed by atoms with Crippen molar-refractivity contribution in [1.82, 2.24) is 0 Å². The first-order valence-corrected chi connectivity index (χ1v) is 7.06. The maximum Gasteiger partial charge on any atom is 0.0101 e. The number of thiol groups is 1. The number of hydrogen-bond acceptors (Lipinski definition) is 2. The number of thioether (sulfide) groups is 1. The topological polar surface area (TPSA) is 0 Å². The van der Waals surface area contributed by atoms with E-state index in [1.807, 2.05) is 11.8 Å². The molecule has 0 N–H and O–H groups in total. The molecule has 1 unspecified atom stereocenters. The molecular formula is C13H20S2. The minimum atomic E-state index is 0.706. The SMILES string of the molecule is Cc1ccccc1SCC(CS)C(C)C. The van der Waals surface area contributed by atoms with E-state index in [9.17, 15) is 0 Å². The van der Waals surface area contributed by atoms with Crippen LogP contribution in [0.5, 0.6) is 0 Å². The lowest BCUT2D eigenvalue weighted by molar-refractivity contribution is 0.473. The third-order valence-corrected chi connectivity index (χ3v) is 4.56. The zero-order valence-corrected chi connectivity index (χ0v) is 11.4. The molecule has 1 atom stereocenters. The van der Waals surface area contributed by atoms with Gasteiger partial charge in [0.2, 0.25) is 0 Å². The third kappa shape index (κ3) is 4.12. The molecule has 1 rings (SSSR count). The summed E-state index contributed by atoms with van der Waals surface area (Å²) in [6, 6.07) is 8.58. The lowest BCUT2D eigenvalue weighted by Crippen LogP contribution is -2.13. The molecule has 0 amide bonds. The van der Waals surface area contributed by atoms with E-state index in [4.69, 9.17) is 0 Å². The summed E-state index contributed by atoms with van der Waals surface area (Å²) in [4.78, 5) is 1.41. The monoisotopic (exact) mass is 240 g/mol. The van der Waals surface area contributed by atoms with Gasteiger partial charge in [0.15, 0.2) is 0 Å². The van der Waals surface area contributed by atoms with Crippen LogP contribution in [0.15, 0.2) is 29.2 Å². The number of rotatable bonds is 5. The van der Waals surface area contributed by atoms with Gasteiger partial charge in [-0.2, -0.15) is 12.6 Å². The third-order valence-electron chi connectivity index (χ3n) is 2.72. The Labute approximate surface area is 103 Å². The van der Waals surface area contributed by atoms with Crippen molar-refractivity contribution in [2.24, 2.45) is 11.8 Å². The first kappa shape index (κ1) is 13.0. The molecule has 0 fully saturated rings. The number of benzene rings is 1. The highest BCUT2D eigenvalue weighted by molar-refractivity contribution is 7.99. The largest absolute Gasteiger partial charge is 0.179 e. The number of hydrogen-bond donors (Lipinski definition) is 1. The van der Waals surface area contributed by atoms with Gasteiger partial charge in [0.05, 0.1) is 0 Å². The van der Waals surface area contributed by atoms with E-state index in [0.29, 0.717) is 5.92 Å². The Morgan fingerprint density at radius 2 is 1.93 bits per heavy atom. The van der Waals surface area contributed by atoms with E-state index in [-0.39, 0.29) is 0 Å². The molecule has 0 saturated carbocycles. The van der Waals surface area contributed by atoms with E-state index in [1.54, 1.807) is 0 Å². The van der Waals surface area contributed by atoms with Crippen molar-refractivity contribution in [3.63, 3.8) is 0 Å². The van der Waals surface area contributed by atoms with E-state index < -0.39 is 0 Å². The Bertz CT molecular complexity index is 294. The second kappa shape index (κ2) is 6.49. The van der Waals surface area contributed by atoms with Crippen molar-refractivity contribution in [2.45, 2.75) is 25.7 Å². The van der Waals surface area contributed by atoms with Crippen molar-refractivity contribution >= 4 is 24.4 Å². The Morgan fingerprint density at radius 1 is 1.27 bits per heavy atom. The minimum absolute atomic E-state index is 0.706. The zero-order chi connectivity index (χ0) is 11.3. The van der Waals surface area contributed by atoms with Crippen molar-refractivity contribution in [3.05, 3.63) is 29.8 Å². The summed E-state index contributed by atoms with van der Waals surface area (Å²) >= 11 is 6.37. The second-order valence-electron chi connectivity index (χ2n) is 4.26. The molecule has 0 nitrogen and oxygen atoms in total. The molecule has 0 saturated heterocycles. The van der Waals surface area contributed by atoms with Crippen LogP contribution in [0.3, 0.4) is 0 Å². The fourth-order valence-electron chi connectivity index (χ4n) is 1.37. The van der Waals surface area contributed by atoms with Gasteiger partial charge >= 0.3 is 0 Å². The van der Waals surface area contributed by atoms with E-state index in [2.05, 4.69) is 57.7 Å². The summed E-state index contributed by atoms with van der Waals surface area (Å²) in [6.07, 6.45) is 0. The Hall–Kier alpha value is -0.0800. The summed E-state index contributed by atoms with van der Waals surface area (Å²) in [5, 5.41) is 0. The molecular weight excluding hydrogens is 220 g/mol. The standard InChI is InChI=1S/C13H20S2/c1-10(2)12(8-14)9-15-13-7-5-4-6-11(13)3/h4-7,10,12,14H,8-9H2,1-3H3. The van der Waals surface area contributed by atoms with Crippen LogP contribution in [0.4, 0.5) is 0 Å². The summed E-state index contributed by atoms with van der Waals surface area (Å²) in [6.45, 7) is 6.73.